The van der Waals surface area contributed by atoms with Gasteiger partial charge in [-0.3, -0.25) is 4.79 Å². The molecule has 0 atom stereocenters. The SMILES string of the molecule is Cn1nnnc1C(C=O)=C(c1ccccc1)c1ccc(F)cc1. The molecule has 2 aromatic carbocycles. The van der Waals surface area contributed by atoms with Crippen LogP contribution in [-0.2, 0) is 11.8 Å². The van der Waals surface area contributed by atoms with E-state index >= 15 is 0 Å². The van der Waals surface area contributed by atoms with E-state index < -0.39 is 0 Å². The molecule has 0 unspecified atom stereocenters. The van der Waals surface area contributed by atoms with Crippen molar-refractivity contribution in [3.63, 3.8) is 0 Å². The Hall–Kier alpha value is -3.15. The fraction of sp³-hybridized carbons (Fsp3) is 0.0588. The minimum absolute atomic E-state index is 0.339. The van der Waals surface area contributed by atoms with Gasteiger partial charge in [-0.1, -0.05) is 42.5 Å². The second kappa shape index (κ2) is 6.31. The van der Waals surface area contributed by atoms with Gasteiger partial charge >= 0.3 is 0 Å². The molecule has 0 radical (unpaired) electrons. The lowest BCUT2D eigenvalue weighted by atomic mass is 9.93. The summed E-state index contributed by atoms with van der Waals surface area (Å²) < 4.78 is 14.7. The molecule has 0 bridgehead atoms. The normalized spacial score (nSPS) is 11.9. The van der Waals surface area contributed by atoms with Gasteiger partial charge in [0.1, 0.15) is 5.82 Å². The minimum Gasteiger partial charge on any atom is -0.298 e. The number of aldehydes is 1. The van der Waals surface area contributed by atoms with E-state index in [1.54, 1.807) is 19.2 Å². The van der Waals surface area contributed by atoms with Crippen LogP contribution >= 0.6 is 0 Å². The van der Waals surface area contributed by atoms with Crippen LogP contribution in [-0.4, -0.2) is 26.5 Å². The smallest absolute Gasteiger partial charge is 0.185 e. The number of benzene rings is 2. The van der Waals surface area contributed by atoms with E-state index in [-0.39, 0.29) is 5.82 Å². The van der Waals surface area contributed by atoms with Gasteiger partial charge < -0.3 is 0 Å². The average Bonchev–Trinajstić information content (AvgIpc) is 3.00. The molecule has 1 aromatic heterocycles. The monoisotopic (exact) mass is 308 g/mol. The van der Waals surface area contributed by atoms with E-state index in [0.29, 0.717) is 22.5 Å². The van der Waals surface area contributed by atoms with Crippen LogP contribution in [0.25, 0.3) is 11.1 Å². The Morgan fingerprint density at radius 2 is 1.70 bits per heavy atom. The number of halogens is 1. The first-order chi connectivity index (χ1) is 11.2. The first kappa shape index (κ1) is 14.8. The summed E-state index contributed by atoms with van der Waals surface area (Å²) in [6.07, 6.45) is 0.720. The van der Waals surface area contributed by atoms with Crippen LogP contribution in [0.5, 0.6) is 0 Å². The van der Waals surface area contributed by atoms with Crippen LogP contribution in [0.4, 0.5) is 4.39 Å². The van der Waals surface area contributed by atoms with Gasteiger partial charge in [0.15, 0.2) is 12.1 Å². The molecular weight excluding hydrogens is 295 g/mol. The van der Waals surface area contributed by atoms with Crippen molar-refractivity contribution in [2.24, 2.45) is 7.05 Å². The summed E-state index contributed by atoms with van der Waals surface area (Å²) in [4.78, 5) is 11.8. The highest BCUT2D eigenvalue weighted by molar-refractivity contribution is 6.19. The number of hydrogen-bond donors (Lipinski definition) is 0. The van der Waals surface area contributed by atoms with Crippen LogP contribution in [0.15, 0.2) is 54.6 Å². The van der Waals surface area contributed by atoms with Crippen LogP contribution in [0.2, 0.25) is 0 Å². The number of nitrogens with zero attached hydrogens (tertiary/aromatic N) is 4. The second-order valence-corrected chi connectivity index (χ2v) is 4.91. The van der Waals surface area contributed by atoms with Gasteiger partial charge in [0, 0.05) is 12.6 Å². The Morgan fingerprint density at radius 1 is 1.04 bits per heavy atom. The Bertz CT molecular complexity index is 854. The predicted octanol–water partition coefficient (Wildman–Crippen LogP) is 2.51. The van der Waals surface area contributed by atoms with Crippen LogP contribution in [0.3, 0.4) is 0 Å². The molecular formula is C17H13FN4O. The van der Waals surface area contributed by atoms with E-state index in [1.807, 2.05) is 30.3 Å². The highest BCUT2D eigenvalue weighted by atomic mass is 19.1. The summed E-state index contributed by atoms with van der Waals surface area (Å²) in [5.74, 6) is 0.0114. The lowest BCUT2D eigenvalue weighted by Gasteiger charge is -2.12. The number of carbonyl (C=O) groups excluding carboxylic acids is 1. The Labute approximate surface area is 132 Å². The third-order valence-corrected chi connectivity index (χ3v) is 3.44. The van der Waals surface area contributed by atoms with Gasteiger partial charge in [-0.2, -0.15) is 0 Å². The topological polar surface area (TPSA) is 60.7 Å². The van der Waals surface area contributed by atoms with Crippen LogP contribution < -0.4 is 0 Å². The first-order valence-corrected chi connectivity index (χ1v) is 6.94. The third-order valence-electron chi connectivity index (χ3n) is 3.44. The summed E-state index contributed by atoms with van der Waals surface area (Å²) in [7, 11) is 1.66. The molecule has 0 aliphatic rings. The summed E-state index contributed by atoms with van der Waals surface area (Å²) in [5.41, 5.74) is 2.53. The minimum atomic E-state index is -0.339. The van der Waals surface area contributed by atoms with Crippen molar-refractivity contribution in [3.05, 3.63) is 77.4 Å². The van der Waals surface area contributed by atoms with Crippen molar-refractivity contribution in [2.45, 2.75) is 0 Å². The highest BCUT2D eigenvalue weighted by Gasteiger charge is 2.17. The van der Waals surface area contributed by atoms with E-state index in [4.69, 9.17) is 0 Å². The molecule has 0 N–H and O–H groups in total. The van der Waals surface area contributed by atoms with Crippen molar-refractivity contribution in [1.29, 1.82) is 0 Å². The van der Waals surface area contributed by atoms with E-state index in [2.05, 4.69) is 15.5 Å². The van der Waals surface area contributed by atoms with Crippen molar-refractivity contribution in [3.8, 4) is 0 Å². The van der Waals surface area contributed by atoms with Gasteiger partial charge in [0.05, 0.1) is 5.57 Å². The molecule has 0 aliphatic heterocycles. The Morgan fingerprint density at radius 3 is 2.26 bits per heavy atom. The molecule has 1 heterocycles. The molecule has 5 nitrogen and oxygen atoms in total. The number of tetrazole rings is 1. The van der Waals surface area contributed by atoms with Crippen LogP contribution in [0.1, 0.15) is 17.0 Å². The summed E-state index contributed by atoms with van der Waals surface area (Å²) in [6, 6.07) is 15.4. The number of carbonyl (C=O) groups is 1. The predicted molar refractivity (Wildman–Crippen MR) is 83.6 cm³/mol. The maximum absolute atomic E-state index is 13.3. The molecule has 0 fully saturated rings. The molecule has 0 aliphatic carbocycles. The average molecular weight is 308 g/mol. The fourth-order valence-corrected chi connectivity index (χ4v) is 2.38. The van der Waals surface area contributed by atoms with Crippen molar-refractivity contribution in [1.82, 2.24) is 20.2 Å². The zero-order chi connectivity index (χ0) is 16.2. The number of allylic oxidation sites excluding steroid dienone is 1. The molecule has 0 saturated carbocycles. The zero-order valence-corrected chi connectivity index (χ0v) is 12.3. The molecule has 0 saturated heterocycles. The maximum atomic E-state index is 13.3. The standard InChI is InChI=1S/C17H13FN4O/c1-22-17(19-20-21-22)15(11-23)16(12-5-3-2-4-6-12)13-7-9-14(18)10-8-13/h2-11H,1H3. The van der Waals surface area contributed by atoms with Gasteiger partial charge in [-0.25, -0.2) is 9.07 Å². The van der Waals surface area contributed by atoms with Gasteiger partial charge in [0.25, 0.3) is 0 Å². The van der Waals surface area contributed by atoms with Crippen molar-refractivity contribution < 1.29 is 9.18 Å². The Balaban J connectivity index is 2.30. The molecule has 6 heteroatoms. The molecule has 114 valence electrons. The first-order valence-electron chi connectivity index (χ1n) is 6.94. The summed E-state index contributed by atoms with van der Waals surface area (Å²) in [6.45, 7) is 0. The number of rotatable bonds is 4. The van der Waals surface area contributed by atoms with Gasteiger partial charge in [0.2, 0.25) is 0 Å². The highest BCUT2D eigenvalue weighted by Crippen LogP contribution is 2.30. The number of hydrogen-bond acceptors (Lipinski definition) is 4. The third kappa shape index (κ3) is 2.91. The van der Waals surface area contributed by atoms with E-state index in [9.17, 15) is 9.18 Å². The Kier molecular flexibility index (Phi) is 4.05. The molecule has 23 heavy (non-hydrogen) atoms. The fourth-order valence-electron chi connectivity index (χ4n) is 2.38. The number of aryl methyl sites for hydroxylation is 1. The summed E-state index contributed by atoms with van der Waals surface area (Å²) >= 11 is 0. The maximum Gasteiger partial charge on any atom is 0.185 e. The van der Waals surface area contributed by atoms with Crippen molar-refractivity contribution >= 4 is 17.4 Å². The van der Waals surface area contributed by atoms with Crippen molar-refractivity contribution in [2.75, 3.05) is 0 Å². The second-order valence-electron chi connectivity index (χ2n) is 4.91. The van der Waals surface area contributed by atoms with E-state index in [0.717, 1.165) is 11.8 Å². The van der Waals surface area contributed by atoms with Gasteiger partial charge in [-0.15, -0.1) is 5.10 Å². The molecule has 3 rings (SSSR count). The molecule has 3 aromatic rings. The quantitative estimate of drug-likeness (QED) is 0.549. The lowest BCUT2D eigenvalue weighted by molar-refractivity contribution is -0.103. The molecule has 0 spiro atoms. The largest absolute Gasteiger partial charge is 0.298 e. The van der Waals surface area contributed by atoms with Gasteiger partial charge in [-0.05, 0) is 33.7 Å². The zero-order valence-electron chi connectivity index (χ0n) is 12.3. The summed E-state index contributed by atoms with van der Waals surface area (Å²) in [5, 5.41) is 11.3. The molecule has 0 amide bonds. The van der Waals surface area contributed by atoms with Crippen LogP contribution in [0, 0.1) is 5.82 Å². The van der Waals surface area contributed by atoms with E-state index in [1.165, 1.54) is 16.8 Å². The lowest BCUT2D eigenvalue weighted by Crippen LogP contribution is -2.03. The number of aromatic nitrogens is 4.